The summed E-state index contributed by atoms with van der Waals surface area (Å²) in [6.07, 6.45) is 3.15. The number of fused-ring (bicyclic) bond motifs is 3. The maximum Gasteiger partial charge on any atom is 0.231 e. The number of benzene rings is 2. The van der Waals surface area contributed by atoms with Gasteiger partial charge >= 0.3 is 0 Å². The predicted octanol–water partition coefficient (Wildman–Crippen LogP) is 4.18. The van der Waals surface area contributed by atoms with E-state index in [-0.39, 0.29) is 13.0 Å². The van der Waals surface area contributed by atoms with Crippen LogP contribution < -0.4 is 14.2 Å². The molecule has 0 radical (unpaired) electrons. The predicted molar refractivity (Wildman–Crippen MR) is 103 cm³/mol. The average Bonchev–Trinajstić information content (AvgIpc) is 3.26. The fourth-order valence-electron chi connectivity index (χ4n) is 4.11. The molecule has 1 atom stereocenters. The maximum absolute atomic E-state index is 5.81. The number of aromatic nitrogens is 1. The lowest BCUT2D eigenvalue weighted by Gasteiger charge is -2.37. The number of hydrogen-bond acceptors (Lipinski definition) is 4. The summed E-state index contributed by atoms with van der Waals surface area (Å²) in [5.41, 5.74) is 3.61. The lowest BCUT2D eigenvalue weighted by atomic mass is 9.94. The van der Waals surface area contributed by atoms with Crippen LogP contribution in [0.3, 0.4) is 0 Å². The van der Waals surface area contributed by atoms with Gasteiger partial charge in [0.2, 0.25) is 12.5 Å². The second-order valence-electron chi connectivity index (χ2n) is 6.75. The van der Waals surface area contributed by atoms with Crippen molar-refractivity contribution in [3.05, 3.63) is 52.1 Å². The third kappa shape index (κ3) is 2.25. The summed E-state index contributed by atoms with van der Waals surface area (Å²) < 4.78 is 20.5. The quantitative estimate of drug-likeness (QED) is 0.630. The van der Waals surface area contributed by atoms with Gasteiger partial charge in [0.15, 0.2) is 11.5 Å². The van der Waals surface area contributed by atoms with Gasteiger partial charge < -0.3 is 18.8 Å². The number of hydrogen-bond donors (Lipinski definition) is 0. The molecule has 0 fully saturated rings. The molecule has 1 aromatic heterocycles. The summed E-state index contributed by atoms with van der Waals surface area (Å²) in [6.45, 7) is 1.21. The van der Waals surface area contributed by atoms with Gasteiger partial charge in [-0.1, -0.05) is 15.9 Å². The van der Waals surface area contributed by atoms with E-state index in [2.05, 4.69) is 69.0 Å². The molecule has 0 saturated heterocycles. The van der Waals surface area contributed by atoms with Crippen molar-refractivity contribution in [2.75, 3.05) is 27.5 Å². The first kappa shape index (κ1) is 16.0. The fourth-order valence-corrected chi connectivity index (χ4v) is 4.49. The Balaban J connectivity index is 1.76. The van der Waals surface area contributed by atoms with E-state index < -0.39 is 0 Å². The van der Waals surface area contributed by atoms with Crippen LogP contribution >= 0.6 is 15.9 Å². The van der Waals surface area contributed by atoms with Crippen LogP contribution in [0, 0.1) is 0 Å². The Bertz CT molecular complexity index is 1010. The summed E-state index contributed by atoms with van der Waals surface area (Å²) in [5.74, 6) is 2.28. The minimum Gasteiger partial charge on any atom is -0.492 e. The van der Waals surface area contributed by atoms with Gasteiger partial charge in [0.05, 0.1) is 7.11 Å². The Hall–Kier alpha value is -2.18. The molecule has 2 aliphatic rings. The summed E-state index contributed by atoms with van der Waals surface area (Å²) in [4.78, 5) is 2.36. The van der Waals surface area contributed by atoms with Crippen LogP contribution in [0.15, 0.2) is 41.0 Å². The third-order valence-electron chi connectivity index (χ3n) is 5.30. The first-order valence-corrected chi connectivity index (χ1v) is 9.42. The normalized spacial score (nSPS) is 19.0. The van der Waals surface area contributed by atoms with Gasteiger partial charge in [0.1, 0.15) is 6.17 Å². The molecule has 1 unspecified atom stereocenters. The molecule has 2 aliphatic heterocycles. The first-order chi connectivity index (χ1) is 12.7. The molecule has 0 N–H and O–H groups in total. The molecular formula is C20H19BrN2O3. The molecule has 26 heavy (non-hydrogen) atoms. The van der Waals surface area contributed by atoms with Crippen molar-refractivity contribution in [1.82, 2.24) is 9.47 Å². The van der Waals surface area contributed by atoms with Gasteiger partial charge in [0, 0.05) is 33.7 Å². The Morgan fingerprint density at radius 2 is 2.08 bits per heavy atom. The molecule has 2 aromatic carbocycles. The Morgan fingerprint density at radius 1 is 1.19 bits per heavy atom. The number of methoxy groups -OCH3 is 1. The monoisotopic (exact) mass is 414 g/mol. The molecule has 0 spiro atoms. The molecule has 5 rings (SSSR count). The van der Waals surface area contributed by atoms with E-state index in [1.807, 2.05) is 0 Å². The number of rotatable bonds is 2. The van der Waals surface area contributed by atoms with Crippen molar-refractivity contribution in [3.8, 4) is 17.2 Å². The van der Waals surface area contributed by atoms with Gasteiger partial charge in [-0.05, 0) is 49.4 Å². The SMILES string of the molecule is COc1c2c(cc3c1C(n1ccc4cc(Br)ccc41)N(C)CC3)OCO2. The average molecular weight is 415 g/mol. The minimum absolute atomic E-state index is 0.0434. The van der Waals surface area contributed by atoms with Crippen molar-refractivity contribution >= 4 is 26.8 Å². The van der Waals surface area contributed by atoms with Gasteiger partial charge in [-0.2, -0.15) is 0 Å². The van der Waals surface area contributed by atoms with Crippen LogP contribution in [0.1, 0.15) is 17.3 Å². The van der Waals surface area contributed by atoms with Crippen molar-refractivity contribution in [2.24, 2.45) is 0 Å². The molecule has 0 bridgehead atoms. The summed E-state index contributed by atoms with van der Waals surface area (Å²) in [5, 5.41) is 1.21. The largest absolute Gasteiger partial charge is 0.492 e. The smallest absolute Gasteiger partial charge is 0.231 e. The number of nitrogens with zero attached hydrogens (tertiary/aromatic N) is 2. The molecule has 3 heterocycles. The van der Waals surface area contributed by atoms with E-state index >= 15 is 0 Å². The molecule has 0 saturated carbocycles. The maximum atomic E-state index is 5.81. The number of likely N-dealkylation sites (N-methyl/N-ethyl adjacent to an activating group) is 1. The van der Waals surface area contributed by atoms with E-state index in [9.17, 15) is 0 Å². The summed E-state index contributed by atoms with van der Waals surface area (Å²) in [6, 6.07) is 10.6. The van der Waals surface area contributed by atoms with Crippen LogP contribution in [-0.2, 0) is 6.42 Å². The van der Waals surface area contributed by atoms with Crippen LogP contribution in [0.25, 0.3) is 10.9 Å². The van der Waals surface area contributed by atoms with Crippen LogP contribution in [0.5, 0.6) is 17.2 Å². The first-order valence-electron chi connectivity index (χ1n) is 8.63. The highest BCUT2D eigenvalue weighted by atomic mass is 79.9. The number of ether oxygens (including phenoxy) is 3. The third-order valence-corrected chi connectivity index (χ3v) is 5.80. The van der Waals surface area contributed by atoms with Crippen molar-refractivity contribution in [3.63, 3.8) is 0 Å². The molecule has 0 amide bonds. The number of halogens is 1. The highest BCUT2D eigenvalue weighted by molar-refractivity contribution is 9.10. The van der Waals surface area contributed by atoms with E-state index in [1.54, 1.807) is 7.11 Å². The Morgan fingerprint density at radius 3 is 2.92 bits per heavy atom. The lowest BCUT2D eigenvalue weighted by molar-refractivity contribution is 0.170. The van der Waals surface area contributed by atoms with E-state index in [0.717, 1.165) is 34.5 Å². The minimum atomic E-state index is 0.0434. The molecule has 5 nitrogen and oxygen atoms in total. The highest BCUT2D eigenvalue weighted by Crippen LogP contribution is 2.50. The van der Waals surface area contributed by atoms with E-state index in [0.29, 0.717) is 5.75 Å². The molecule has 6 heteroatoms. The van der Waals surface area contributed by atoms with Crippen molar-refractivity contribution < 1.29 is 14.2 Å². The Labute approximate surface area is 160 Å². The van der Waals surface area contributed by atoms with Gasteiger partial charge in [-0.3, -0.25) is 4.90 Å². The summed E-state index contributed by atoms with van der Waals surface area (Å²) >= 11 is 3.56. The van der Waals surface area contributed by atoms with Crippen LogP contribution in [0.4, 0.5) is 0 Å². The van der Waals surface area contributed by atoms with Gasteiger partial charge in [0.25, 0.3) is 0 Å². The van der Waals surface area contributed by atoms with Gasteiger partial charge in [-0.15, -0.1) is 0 Å². The highest BCUT2D eigenvalue weighted by Gasteiger charge is 2.35. The van der Waals surface area contributed by atoms with Crippen LogP contribution in [-0.4, -0.2) is 37.0 Å². The second kappa shape index (κ2) is 5.93. The molecule has 0 aliphatic carbocycles. The Kier molecular flexibility index (Phi) is 3.65. The van der Waals surface area contributed by atoms with Gasteiger partial charge in [-0.25, -0.2) is 0 Å². The fraction of sp³-hybridized carbons (Fsp3) is 0.300. The van der Waals surface area contributed by atoms with Crippen molar-refractivity contribution in [1.29, 1.82) is 0 Å². The molecule has 3 aromatic rings. The zero-order valence-corrected chi connectivity index (χ0v) is 16.2. The zero-order chi connectivity index (χ0) is 17.8. The summed E-state index contributed by atoms with van der Waals surface area (Å²) in [7, 11) is 3.86. The topological polar surface area (TPSA) is 35.9 Å². The second-order valence-corrected chi connectivity index (χ2v) is 7.66. The van der Waals surface area contributed by atoms with E-state index in [4.69, 9.17) is 14.2 Å². The molecular weight excluding hydrogens is 396 g/mol. The van der Waals surface area contributed by atoms with Crippen LogP contribution in [0.2, 0.25) is 0 Å². The van der Waals surface area contributed by atoms with Crippen molar-refractivity contribution in [2.45, 2.75) is 12.6 Å². The lowest BCUT2D eigenvalue weighted by Crippen LogP contribution is -2.36. The standard InChI is InChI=1S/C20H19BrN2O3/c1-22-7-5-13-10-16-18(26-11-25-16)19(24-2)17(13)20(22)23-8-6-12-9-14(21)3-4-15(12)23/h3-4,6,8-10,20H,5,7,11H2,1-2H3. The molecule has 134 valence electrons. The zero-order valence-electron chi connectivity index (χ0n) is 14.7. The van der Waals surface area contributed by atoms with E-state index in [1.165, 1.54) is 16.5 Å².